The van der Waals surface area contributed by atoms with E-state index < -0.39 is 25.8 Å². The van der Waals surface area contributed by atoms with Gasteiger partial charge in [-0.05, 0) is 6.42 Å². The Morgan fingerprint density at radius 3 is 2.04 bits per heavy atom. The first-order valence-corrected chi connectivity index (χ1v) is 10.8. The standard InChI is InChI=1S/C17H34NO5P/c1-2-3-4-5-6-7-8-9-10-11-14-23-17(19)16(18)13-12-15-24(20,21)22/h12-13,16H,2-11,14-15,18H2,1H3,(H2,20,21,22)/b13-12+. The van der Waals surface area contributed by atoms with Gasteiger partial charge in [0, 0.05) is 0 Å². The first-order valence-electron chi connectivity index (χ1n) is 9.00. The number of allylic oxidation sites excluding steroid dienone is 1. The molecule has 0 fully saturated rings. The van der Waals surface area contributed by atoms with Crippen molar-refractivity contribution in [2.75, 3.05) is 12.8 Å². The molecule has 7 heteroatoms. The highest BCUT2D eigenvalue weighted by molar-refractivity contribution is 7.51. The maximum atomic E-state index is 11.6. The van der Waals surface area contributed by atoms with Gasteiger partial charge >= 0.3 is 13.6 Å². The predicted molar refractivity (Wildman–Crippen MR) is 96.8 cm³/mol. The molecule has 0 bridgehead atoms. The van der Waals surface area contributed by atoms with E-state index in [0.717, 1.165) is 19.3 Å². The Morgan fingerprint density at radius 1 is 1.04 bits per heavy atom. The Balaban J connectivity index is 3.50. The van der Waals surface area contributed by atoms with Crippen molar-refractivity contribution >= 4 is 13.6 Å². The predicted octanol–water partition coefficient (Wildman–Crippen LogP) is 3.51. The fourth-order valence-electron chi connectivity index (χ4n) is 2.28. The van der Waals surface area contributed by atoms with Gasteiger partial charge in [0.05, 0.1) is 12.8 Å². The first kappa shape index (κ1) is 23.3. The van der Waals surface area contributed by atoms with Crippen LogP contribution in [-0.4, -0.2) is 34.6 Å². The summed E-state index contributed by atoms with van der Waals surface area (Å²) in [6.07, 6.45) is 14.2. The quantitative estimate of drug-likeness (QED) is 0.178. The summed E-state index contributed by atoms with van der Waals surface area (Å²) in [5.41, 5.74) is 5.56. The lowest BCUT2D eigenvalue weighted by molar-refractivity contribution is -0.144. The summed E-state index contributed by atoms with van der Waals surface area (Å²) in [5.74, 6) is -0.562. The van der Waals surface area contributed by atoms with E-state index in [1.54, 1.807) is 0 Å². The summed E-state index contributed by atoms with van der Waals surface area (Å²) in [7, 11) is -4.09. The molecular formula is C17H34NO5P. The van der Waals surface area contributed by atoms with Crippen molar-refractivity contribution in [3.8, 4) is 0 Å². The van der Waals surface area contributed by atoms with Gasteiger partial charge in [0.2, 0.25) is 0 Å². The lowest BCUT2D eigenvalue weighted by Gasteiger charge is -2.08. The minimum absolute atomic E-state index is 0.343. The molecule has 24 heavy (non-hydrogen) atoms. The normalized spacial score (nSPS) is 13.3. The molecule has 0 aromatic carbocycles. The van der Waals surface area contributed by atoms with Crippen LogP contribution >= 0.6 is 7.60 Å². The highest BCUT2D eigenvalue weighted by Crippen LogP contribution is 2.33. The summed E-state index contributed by atoms with van der Waals surface area (Å²) >= 11 is 0. The number of unbranched alkanes of at least 4 members (excludes halogenated alkanes) is 9. The third-order valence-corrected chi connectivity index (χ3v) is 4.39. The number of ether oxygens (including phenoxy) is 1. The molecular weight excluding hydrogens is 329 g/mol. The molecule has 4 N–H and O–H groups in total. The van der Waals surface area contributed by atoms with Crippen molar-refractivity contribution in [3.63, 3.8) is 0 Å². The van der Waals surface area contributed by atoms with Crippen LogP contribution in [0.3, 0.4) is 0 Å². The van der Waals surface area contributed by atoms with Gasteiger partial charge < -0.3 is 20.3 Å². The van der Waals surface area contributed by atoms with Crippen LogP contribution in [0.25, 0.3) is 0 Å². The molecule has 0 saturated carbocycles. The zero-order valence-electron chi connectivity index (χ0n) is 14.9. The molecule has 6 nitrogen and oxygen atoms in total. The highest BCUT2D eigenvalue weighted by Gasteiger charge is 2.13. The van der Waals surface area contributed by atoms with Gasteiger partial charge in [0.25, 0.3) is 0 Å². The molecule has 0 aliphatic rings. The molecule has 0 heterocycles. The van der Waals surface area contributed by atoms with Crippen molar-refractivity contribution in [3.05, 3.63) is 12.2 Å². The van der Waals surface area contributed by atoms with E-state index in [4.69, 9.17) is 20.3 Å². The van der Waals surface area contributed by atoms with Crippen LogP contribution in [0.4, 0.5) is 0 Å². The van der Waals surface area contributed by atoms with E-state index in [-0.39, 0.29) is 0 Å². The first-order chi connectivity index (χ1) is 11.4. The number of hydrogen-bond acceptors (Lipinski definition) is 4. The summed E-state index contributed by atoms with van der Waals surface area (Å²) < 4.78 is 15.7. The third kappa shape index (κ3) is 16.2. The Hall–Kier alpha value is -0.680. The van der Waals surface area contributed by atoms with Crippen LogP contribution < -0.4 is 5.73 Å². The molecule has 0 aliphatic heterocycles. The summed E-state index contributed by atoms with van der Waals surface area (Å²) in [6, 6.07) is -0.973. The zero-order valence-corrected chi connectivity index (χ0v) is 15.8. The van der Waals surface area contributed by atoms with Gasteiger partial charge in [0.15, 0.2) is 0 Å². The van der Waals surface area contributed by atoms with E-state index in [0.29, 0.717) is 6.61 Å². The van der Waals surface area contributed by atoms with Crippen molar-refractivity contribution in [2.24, 2.45) is 5.73 Å². The lowest BCUT2D eigenvalue weighted by atomic mass is 10.1. The maximum Gasteiger partial charge on any atom is 0.329 e. The molecule has 0 aliphatic carbocycles. The van der Waals surface area contributed by atoms with E-state index >= 15 is 0 Å². The number of hydrogen-bond donors (Lipinski definition) is 3. The van der Waals surface area contributed by atoms with Crippen molar-refractivity contribution in [1.29, 1.82) is 0 Å². The minimum atomic E-state index is -4.09. The Bertz CT molecular complexity index is 394. The minimum Gasteiger partial charge on any atom is -0.464 e. The fourth-order valence-corrected chi connectivity index (χ4v) is 2.68. The van der Waals surface area contributed by atoms with Crippen LogP contribution in [0.1, 0.15) is 71.1 Å². The zero-order chi connectivity index (χ0) is 18.3. The van der Waals surface area contributed by atoms with Gasteiger partial charge in [-0.3, -0.25) is 9.36 Å². The van der Waals surface area contributed by atoms with E-state index in [1.165, 1.54) is 57.1 Å². The van der Waals surface area contributed by atoms with Crippen LogP contribution in [0.2, 0.25) is 0 Å². The average Bonchev–Trinajstić information content (AvgIpc) is 2.51. The van der Waals surface area contributed by atoms with Crippen molar-refractivity contribution in [2.45, 2.75) is 77.2 Å². The number of nitrogens with two attached hydrogens (primary N) is 1. The van der Waals surface area contributed by atoms with Gasteiger partial charge in [-0.25, -0.2) is 0 Å². The Labute approximate surface area is 146 Å². The molecule has 1 unspecified atom stereocenters. The molecule has 0 rings (SSSR count). The second-order valence-corrected chi connectivity index (χ2v) is 7.85. The largest absolute Gasteiger partial charge is 0.464 e. The molecule has 0 aromatic rings. The smallest absolute Gasteiger partial charge is 0.329 e. The third-order valence-electron chi connectivity index (χ3n) is 3.70. The van der Waals surface area contributed by atoms with Crippen LogP contribution in [0.5, 0.6) is 0 Å². The molecule has 0 amide bonds. The van der Waals surface area contributed by atoms with Crippen LogP contribution in [-0.2, 0) is 14.1 Å². The molecule has 0 saturated heterocycles. The van der Waals surface area contributed by atoms with E-state index in [1.807, 2.05) is 0 Å². The summed E-state index contributed by atoms with van der Waals surface area (Å²) in [6.45, 7) is 2.56. The number of carbonyl (C=O) groups is 1. The number of rotatable bonds is 15. The van der Waals surface area contributed by atoms with Gasteiger partial charge in [-0.15, -0.1) is 0 Å². The summed E-state index contributed by atoms with van der Waals surface area (Å²) in [4.78, 5) is 28.9. The number of esters is 1. The van der Waals surface area contributed by atoms with Crippen LogP contribution in [0, 0.1) is 0 Å². The molecule has 0 aromatic heterocycles. The lowest BCUT2D eigenvalue weighted by Crippen LogP contribution is -2.30. The number of carbonyl (C=O) groups excluding carboxylic acids is 1. The van der Waals surface area contributed by atoms with Gasteiger partial charge in [-0.2, -0.15) is 0 Å². The van der Waals surface area contributed by atoms with E-state index in [2.05, 4.69) is 6.92 Å². The monoisotopic (exact) mass is 363 g/mol. The van der Waals surface area contributed by atoms with Gasteiger partial charge in [0.1, 0.15) is 6.04 Å². The second kappa shape index (κ2) is 14.6. The summed E-state index contributed by atoms with van der Waals surface area (Å²) in [5, 5.41) is 0. The molecule has 1 atom stereocenters. The van der Waals surface area contributed by atoms with E-state index in [9.17, 15) is 9.36 Å². The highest BCUT2D eigenvalue weighted by atomic mass is 31.2. The van der Waals surface area contributed by atoms with Crippen molar-refractivity contribution in [1.82, 2.24) is 0 Å². The van der Waals surface area contributed by atoms with Crippen LogP contribution in [0.15, 0.2) is 12.2 Å². The topological polar surface area (TPSA) is 110 Å². The Kier molecular flexibility index (Phi) is 14.2. The SMILES string of the molecule is CCCCCCCCCCCCOC(=O)C(N)/C=C/CP(=O)(O)O. The van der Waals surface area contributed by atoms with Crippen molar-refractivity contribution < 1.29 is 23.9 Å². The molecule has 0 spiro atoms. The maximum absolute atomic E-state index is 11.6. The molecule has 0 radical (unpaired) electrons. The second-order valence-electron chi connectivity index (χ2n) is 6.15. The Morgan fingerprint density at radius 2 is 1.54 bits per heavy atom. The molecule has 142 valence electrons. The average molecular weight is 363 g/mol. The fraction of sp³-hybridized carbons (Fsp3) is 0.824. The van der Waals surface area contributed by atoms with Gasteiger partial charge in [-0.1, -0.05) is 76.9 Å².